The van der Waals surface area contributed by atoms with Crippen LogP contribution in [0.25, 0.3) is 6.08 Å². The normalized spacial score (nSPS) is 11.6. The van der Waals surface area contributed by atoms with Crippen LogP contribution in [-0.2, 0) is 0 Å². The van der Waals surface area contributed by atoms with Gasteiger partial charge >= 0.3 is 0 Å². The van der Waals surface area contributed by atoms with E-state index in [-0.39, 0.29) is 10.8 Å². The summed E-state index contributed by atoms with van der Waals surface area (Å²) in [6.45, 7) is 6.10. The van der Waals surface area contributed by atoms with Crippen molar-refractivity contribution < 1.29 is 4.39 Å². The molecule has 0 saturated heterocycles. The highest BCUT2D eigenvalue weighted by molar-refractivity contribution is 6.30. The van der Waals surface area contributed by atoms with Crippen molar-refractivity contribution in [2.24, 2.45) is 5.92 Å². The predicted octanol–water partition coefficient (Wildman–Crippen LogP) is 3.74. The van der Waals surface area contributed by atoms with E-state index in [9.17, 15) is 4.39 Å². The Morgan fingerprint density at radius 1 is 1.44 bits per heavy atom. The van der Waals surface area contributed by atoms with E-state index in [0.717, 1.165) is 18.7 Å². The zero-order valence-corrected chi connectivity index (χ0v) is 10.4. The van der Waals surface area contributed by atoms with Crippen molar-refractivity contribution in [2.45, 2.75) is 13.8 Å². The van der Waals surface area contributed by atoms with Crippen LogP contribution in [0.2, 0.25) is 5.02 Å². The Balaban J connectivity index is 2.41. The summed E-state index contributed by atoms with van der Waals surface area (Å²) in [5.74, 6) is 0.264. The fourth-order valence-electron chi connectivity index (χ4n) is 1.27. The van der Waals surface area contributed by atoms with Crippen LogP contribution < -0.4 is 5.32 Å². The van der Waals surface area contributed by atoms with Gasteiger partial charge in [-0.15, -0.1) is 0 Å². The van der Waals surface area contributed by atoms with E-state index in [4.69, 9.17) is 11.6 Å². The number of hydrogen-bond donors (Lipinski definition) is 1. The molecule has 88 valence electrons. The zero-order valence-electron chi connectivity index (χ0n) is 9.63. The van der Waals surface area contributed by atoms with Gasteiger partial charge in [0.25, 0.3) is 0 Å². The molecule has 0 saturated carbocycles. The molecule has 16 heavy (non-hydrogen) atoms. The SMILES string of the molecule is CC(C)CNCC=Cc1ccc(Cl)c(F)c1. The summed E-state index contributed by atoms with van der Waals surface area (Å²) in [4.78, 5) is 0. The van der Waals surface area contributed by atoms with Gasteiger partial charge in [0.1, 0.15) is 5.82 Å². The molecule has 0 unspecified atom stereocenters. The minimum atomic E-state index is -0.376. The van der Waals surface area contributed by atoms with E-state index >= 15 is 0 Å². The molecule has 1 N–H and O–H groups in total. The monoisotopic (exact) mass is 241 g/mol. The lowest BCUT2D eigenvalue weighted by Crippen LogP contribution is -2.19. The minimum absolute atomic E-state index is 0.162. The van der Waals surface area contributed by atoms with Gasteiger partial charge in [0.15, 0.2) is 0 Å². The molecule has 3 heteroatoms. The highest BCUT2D eigenvalue weighted by Gasteiger charge is 1.97. The summed E-state index contributed by atoms with van der Waals surface area (Å²) < 4.78 is 13.1. The fourth-order valence-corrected chi connectivity index (χ4v) is 1.38. The second kappa shape index (κ2) is 6.66. The molecule has 0 aromatic heterocycles. The van der Waals surface area contributed by atoms with Gasteiger partial charge < -0.3 is 5.32 Å². The topological polar surface area (TPSA) is 12.0 Å². The van der Waals surface area contributed by atoms with Crippen LogP contribution in [0.3, 0.4) is 0 Å². The fraction of sp³-hybridized carbons (Fsp3) is 0.385. The highest BCUT2D eigenvalue weighted by atomic mass is 35.5. The molecule has 0 aliphatic carbocycles. The number of nitrogens with one attached hydrogen (secondary N) is 1. The molecule has 0 aliphatic rings. The van der Waals surface area contributed by atoms with Gasteiger partial charge in [-0.05, 0) is 30.2 Å². The maximum absolute atomic E-state index is 13.1. The van der Waals surface area contributed by atoms with Crippen LogP contribution in [-0.4, -0.2) is 13.1 Å². The van der Waals surface area contributed by atoms with Crippen LogP contribution in [0.5, 0.6) is 0 Å². The van der Waals surface area contributed by atoms with Gasteiger partial charge in [0.2, 0.25) is 0 Å². The Kier molecular flexibility index (Phi) is 5.50. The second-order valence-electron chi connectivity index (χ2n) is 4.13. The van der Waals surface area contributed by atoms with E-state index in [1.807, 2.05) is 12.2 Å². The smallest absolute Gasteiger partial charge is 0.142 e. The highest BCUT2D eigenvalue weighted by Crippen LogP contribution is 2.16. The maximum atomic E-state index is 13.1. The first-order chi connectivity index (χ1) is 7.59. The van der Waals surface area contributed by atoms with Crippen LogP contribution in [0.15, 0.2) is 24.3 Å². The molecule has 0 amide bonds. The van der Waals surface area contributed by atoms with E-state index in [2.05, 4.69) is 19.2 Å². The Labute approximate surface area is 101 Å². The van der Waals surface area contributed by atoms with E-state index < -0.39 is 0 Å². The molecule has 0 spiro atoms. The van der Waals surface area contributed by atoms with Crippen molar-refractivity contribution in [3.63, 3.8) is 0 Å². The van der Waals surface area contributed by atoms with Crippen LogP contribution in [0, 0.1) is 11.7 Å². The lowest BCUT2D eigenvalue weighted by molar-refractivity contribution is 0.577. The number of hydrogen-bond acceptors (Lipinski definition) is 1. The van der Waals surface area contributed by atoms with Crippen LogP contribution in [0.4, 0.5) is 4.39 Å². The first kappa shape index (κ1) is 13.2. The van der Waals surface area contributed by atoms with Crippen molar-refractivity contribution in [1.29, 1.82) is 0 Å². The average Bonchev–Trinajstić information content (AvgIpc) is 2.22. The molecular weight excluding hydrogens is 225 g/mol. The standard InChI is InChI=1S/C13H17ClFN/c1-10(2)9-16-7-3-4-11-5-6-12(14)13(15)8-11/h3-6,8,10,16H,7,9H2,1-2H3. The van der Waals surface area contributed by atoms with Gasteiger partial charge in [0, 0.05) is 6.54 Å². The lowest BCUT2D eigenvalue weighted by Gasteiger charge is -2.03. The van der Waals surface area contributed by atoms with Crippen LogP contribution >= 0.6 is 11.6 Å². The predicted molar refractivity (Wildman–Crippen MR) is 68.2 cm³/mol. The summed E-state index contributed by atoms with van der Waals surface area (Å²) in [6, 6.07) is 4.80. The third-order valence-corrected chi connectivity index (χ3v) is 2.38. The van der Waals surface area contributed by atoms with E-state index in [1.165, 1.54) is 6.07 Å². The summed E-state index contributed by atoms with van der Waals surface area (Å²) in [5.41, 5.74) is 0.827. The lowest BCUT2D eigenvalue weighted by atomic mass is 10.2. The molecular formula is C13H17ClFN. The number of benzene rings is 1. The Hall–Kier alpha value is -0.860. The van der Waals surface area contributed by atoms with Gasteiger partial charge in [-0.25, -0.2) is 4.39 Å². The summed E-state index contributed by atoms with van der Waals surface area (Å²) in [5, 5.41) is 3.44. The molecule has 0 bridgehead atoms. The molecule has 0 heterocycles. The maximum Gasteiger partial charge on any atom is 0.142 e. The Morgan fingerprint density at radius 3 is 2.81 bits per heavy atom. The Bertz CT molecular complexity index is 361. The molecule has 0 fully saturated rings. The van der Waals surface area contributed by atoms with Crippen molar-refractivity contribution in [3.05, 3.63) is 40.7 Å². The number of halogens is 2. The van der Waals surface area contributed by atoms with Gasteiger partial charge in [-0.3, -0.25) is 0 Å². The minimum Gasteiger partial charge on any atom is -0.313 e. The van der Waals surface area contributed by atoms with Gasteiger partial charge in [0.05, 0.1) is 5.02 Å². The second-order valence-corrected chi connectivity index (χ2v) is 4.54. The van der Waals surface area contributed by atoms with Crippen molar-refractivity contribution in [3.8, 4) is 0 Å². The molecule has 1 nitrogen and oxygen atoms in total. The third kappa shape index (κ3) is 4.77. The number of rotatable bonds is 5. The zero-order chi connectivity index (χ0) is 12.0. The van der Waals surface area contributed by atoms with Crippen molar-refractivity contribution >= 4 is 17.7 Å². The van der Waals surface area contributed by atoms with Gasteiger partial charge in [-0.1, -0.05) is 43.7 Å². The van der Waals surface area contributed by atoms with Crippen LogP contribution in [0.1, 0.15) is 19.4 Å². The molecule has 1 aromatic rings. The molecule has 0 atom stereocenters. The summed E-state index contributed by atoms with van der Waals surface area (Å²) in [7, 11) is 0. The van der Waals surface area contributed by atoms with Crippen molar-refractivity contribution in [2.75, 3.05) is 13.1 Å². The molecule has 1 aromatic carbocycles. The largest absolute Gasteiger partial charge is 0.313 e. The first-order valence-corrected chi connectivity index (χ1v) is 5.79. The average molecular weight is 242 g/mol. The molecule has 0 aliphatic heterocycles. The van der Waals surface area contributed by atoms with Gasteiger partial charge in [-0.2, -0.15) is 0 Å². The molecule has 1 rings (SSSR count). The summed E-state index contributed by atoms with van der Waals surface area (Å²) in [6.07, 6.45) is 3.86. The Morgan fingerprint density at radius 2 is 2.19 bits per heavy atom. The molecule has 0 radical (unpaired) electrons. The third-order valence-electron chi connectivity index (χ3n) is 2.07. The van der Waals surface area contributed by atoms with E-state index in [1.54, 1.807) is 12.1 Å². The van der Waals surface area contributed by atoms with E-state index in [0.29, 0.717) is 5.92 Å². The summed E-state index contributed by atoms with van der Waals surface area (Å²) >= 11 is 5.59. The van der Waals surface area contributed by atoms with Crippen molar-refractivity contribution in [1.82, 2.24) is 5.32 Å². The first-order valence-electron chi connectivity index (χ1n) is 5.42. The quantitative estimate of drug-likeness (QED) is 0.775.